The van der Waals surface area contributed by atoms with Crippen molar-refractivity contribution in [3.63, 3.8) is 0 Å². The number of pyridine rings is 1. The largest absolute Gasteiger partial charge is 0.349 e. The molecule has 0 radical (unpaired) electrons. The van der Waals surface area contributed by atoms with E-state index in [9.17, 15) is 18.8 Å². The fraction of sp³-hybridized carbons (Fsp3) is 0.300. The number of carbonyl (C=O) groups excluding carboxylic acids is 2. The number of H-pyrrole nitrogens is 1. The van der Waals surface area contributed by atoms with Gasteiger partial charge in [-0.15, -0.1) is 0 Å². The van der Waals surface area contributed by atoms with Crippen LogP contribution in [0.5, 0.6) is 0 Å². The topological polar surface area (TPSA) is 100 Å². The zero-order chi connectivity index (χ0) is 20.5. The minimum Gasteiger partial charge on any atom is -0.349 e. The van der Waals surface area contributed by atoms with Crippen molar-refractivity contribution in [1.82, 2.24) is 25.0 Å². The van der Waals surface area contributed by atoms with Gasteiger partial charge in [0.25, 0.3) is 11.8 Å². The lowest BCUT2D eigenvalue weighted by molar-refractivity contribution is 0.0693. The molecule has 1 aromatic carbocycles. The molecule has 0 saturated carbocycles. The molecule has 0 spiro atoms. The molecule has 0 bridgehead atoms. The summed E-state index contributed by atoms with van der Waals surface area (Å²) < 4.78 is 15.4. The van der Waals surface area contributed by atoms with Crippen LogP contribution in [-0.2, 0) is 7.05 Å². The Bertz CT molecular complexity index is 1140. The number of aryl methyl sites for hydroxylation is 1. The third-order valence-corrected chi connectivity index (χ3v) is 5.25. The number of benzene rings is 1. The van der Waals surface area contributed by atoms with Gasteiger partial charge in [0.15, 0.2) is 0 Å². The zero-order valence-electron chi connectivity index (χ0n) is 15.8. The Morgan fingerprint density at radius 2 is 1.93 bits per heavy atom. The second kappa shape index (κ2) is 7.50. The van der Waals surface area contributed by atoms with Gasteiger partial charge in [0.1, 0.15) is 17.0 Å². The van der Waals surface area contributed by atoms with E-state index in [0.29, 0.717) is 37.0 Å². The van der Waals surface area contributed by atoms with Crippen molar-refractivity contribution in [2.24, 2.45) is 7.05 Å². The maximum Gasteiger partial charge on any atom is 0.256 e. The summed E-state index contributed by atoms with van der Waals surface area (Å²) in [6, 6.07) is 5.72. The van der Waals surface area contributed by atoms with Gasteiger partial charge in [0.05, 0.1) is 17.1 Å². The van der Waals surface area contributed by atoms with Crippen molar-refractivity contribution in [3.05, 3.63) is 63.8 Å². The normalized spacial score (nSPS) is 14.9. The molecule has 3 heterocycles. The van der Waals surface area contributed by atoms with Crippen LogP contribution in [0.3, 0.4) is 0 Å². The van der Waals surface area contributed by atoms with E-state index in [1.54, 1.807) is 24.1 Å². The first kappa shape index (κ1) is 18.9. The number of hydrogen-bond acceptors (Lipinski definition) is 4. The molecule has 1 aliphatic rings. The second-order valence-corrected chi connectivity index (χ2v) is 7.08. The summed E-state index contributed by atoms with van der Waals surface area (Å²) in [6.45, 7) is 0.798. The number of rotatable bonds is 3. The smallest absolute Gasteiger partial charge is 0.256 e. The molecular weight excluding hydrogens is 377 g/mol. The summed E-state index contributed by atoms with van der Waals surface area (Å²) in [7, 11) is 1.70. The molecule has 1 aliphatic heterocycles. The van der Waals surface area contributed by atoms with Gasteiger partial charge >= 0.3 is 0 Å². The highest BCUT2D eigenvalue weighted by atomic mass is 19.1. The lowest BCUT2D eigenvalue weighted by atomic mass is 10.0. The summed E-state index contributed by atoms with van der Waals surface area (Å²) >= 11 is 0. The molecule has 2 aromatic heterocycles. The molecule has 4 rings (SSSR count). The van der Waals surface area contributed by atoms with Crippen LogP contribution in [-0.4, -0.2) is 50.6 Å². The van der Waals surface area contributed by atoms with Crippen LogP contribution in [0.15, 0.2) is 41.5 Å². The van der Waals surface area contributed by atoms with Gasteiger partial charge in [-0.05, 0) is 25.0 Å². The molecule has 1 fully saturated rings. The minimum absolute atomic E-state index is 0.0235. The molecule has 0 atom stereocenters. The highest BCUT2D eigenvalue weighted by Gasteiger charge is 2.27. The molecule has 8 nitrogen and oxygen atoms in total. The molecule has 1 saturated heterocycles. The van der Waals surface area contributed by atoms with Crippen LogP contribution in [0, 0.1) is 5.82 Å². The zero-order valence-corrected chi connectivity index (χ0v) is 15.8. The Hall–Kier alpha value is -3.49. The van der Waals surface area contributed by atoms with Crippen molar-refractivity contribution in [1.29, 1.82) is 0 Å². The lowest BCUT2D eigenvalue weighted by Crippen LogP contribution is -2.47. The standard InChI is InChI=1S/C20H20FN5O3/c1-25-18-14(11-23-25)17(27)15(10-22-18)19(28)24-12-6-8-26(9-7-12)20(29)13-4-2-3-5-16(13)21/h2-5,10-12H,6-9H2,1H3,(H,22,27)(H,24,28). The molecule has 150 valence electrons. The average Bonchev–Trinajstić information content (AvgIpc) is 3.10. The minimum atomic E-state index is -0.544. The van der Waals surface area contributed by atoms with Crippen molar-refractivity contribution >= 4 is 22.8 Å². The molecule has 0 unspecified atom stereocenters. The van der Waals surface area contributed by atoms with Crippen LogP contribution in [0.4, 0.5) is 4.39 Å². The third kappa shape index (κ3) is 3.51. The lowest BCUT2D eigenvalue weighted by Gasteiger charge is -2.32. The van der Waals surface area contributed by atoms with Crippen molar-refractivity contribution in [2.45, 2.75) is 18.9 Å². The van der Waals surface area contributed by atoms with E-state index < -0.39 is 11.7 Å². The summed E-state index contributed by atoms with van der Waals surface area (Å²) in [5.74, 6) is -1.36. The van der Waals surface area contributed by atoms with Crippen molar-refractivity contribution in [3.8, 4) is 0 Å². The van der Waals surface area contributed by atoms with E-state index in [1.165, 1.54) is 29.2 Å². The summed E-state index contributed by atoms with van der Waals surface area (Å²) in [4.78, 5) is 42.1. The predicted octanol–water partition coefficient (Wildman–Crippen LogP) is 1.44. The van der Waals surface area contributed by atoms with Crippen LogP contribution in [0.2, 0.25) is 0 Å². The van der Waals surface area contributed by atoms with E-state index in [0.717, 1.165) is 0 Å². The Morgan fingerprint density at radius 1 is 1.21 bits per heavy atom. The van der Waals surface area contributed by atoms with Gasteiger partial charge in [-0.25, -0.2) is 4.39 Å². The summed E-state index contributed by atoms with van der Waals surface area (Å²) in [6.07, 6.45) is 3.87. The van der Waals surface area contributed by atoms with Crippen LogP contribution >= 0.6 is 0 Å². The van der Waals surface area contributed by atoms with E-state index in [4.69, 9.17) is 0 Å². The Labute approximate surface area is 165 Å². The highest BCUT2D eigenvalue weighted by molar-refractivity contribution is 5.97. The van der Waals surface area contributed by atoms with Gasteiger partial charge in [-0.3, -0.25) is 19.1 Å². The number of nitrogens with one attached hydrogen (secondary N) is 2. The quantitative estimate of drug-likeness (QED) is 0.698. The maximum absolute atomic E-state index is 13.8. The number of likely N-dealkylation sites (tertiary alicyclic amines) is 1. The van der Waals surface area contributed by atoms with Gasteiger partial charge in [-0.1, -0.05) is 12.1 Å². The molecule has 2 N–H and O–H groups in total. The monoisotopic (exact) mass is 397 g/mol. The highest BCUT2D eigenvalue weighted by Crippen LogP contribution is 2.16. The molecule has 3 aromatic rings. The molecule has 29 heavy (non-hydrogen) atoms. The number of amides is 2. The Kier molecular flexibility index (Phi) is 4.87. The molecule has 0 aliphatic carbocycles. The first-order valence-corrected chi connectivity index (χ1v) is 9.33. The van der Waals surface area contributed by atoms with E-state index in [2.05, 4.69) is 15.4 Å². The number of nitrogens with zero attached hydrogens (tertiary/aromatic N) is 3. The number of hydrogen-bond donors (Lipinski definition) is 2. The van der Waals surface area contributed by atoms with Crippen molar-refractivity contribution < 1.29 is 14.0 Å². The SMILES string of the molecule is Cn1ncc2c(=O)c(C(=O)NC3CCN(C(=O)c4ccccc4F)CC3)c[nH]c21. The number of halogens is 1. The van der Waals surface area contributed by atoms with E-state index in [-0.39, 0.29) is 28.5 Å². The number of fused-ring (bicyclic) bond motifs is 1. The van der Waals surface area contributed by atoms with E-state index in [1.807, 2.05) is 0 Å². The molecule has 2 amide bonds. The first-order valence-electron chi connectivity index (χ1n) is 9.33. The molecular formula is C20H20FN5O3. The summed E-state index contributed by atoms with van der Waals surface area (Å²) in [5, 5.41) is 7.23. The van der Waals surface area contributed by atoms with Gasteiger partial charge < -0.3 is 15.2 Å². The number of carbonyl (C=O) groups is 2. The average molecular weight is 397 g/mol. The fourth-order valence-electron chi connectivity index (χ4n) is 3.59. The summed E-state index contributed by atoms with van der Waals surface area (Å²) in [5.41, 5.74) is 0.240. The van der Waals surface area contributed by atoms with Gasteiger partial charge in [0, 0.05) is 32.4 Å². The maximum atomic E-state index is 13.8. The first-order chi connectivity index (χ1) is 14.0. The number of aromatic amines is 1. The molecule has 9 heteroatoms. The van der Waals surface area contributed by atoms with Gasteiger partial charge in [-0.2, -0.15) is 5.10 Å². The number of aromatic nitrogens is 3. The van der Waals surface area contributed by atoms with Crippen molar-refractivity contribution in [2.75, 3.05) is 13.1 Å². The third-order valence-electron chi connectivity index (χ3n) is 5.25. The predicted molar refractivity (Wildman–Crippen MR) is 104 cm³/mol. The van der Waals surface area contributed by atoms with Crippen LogP contribution in [0.25, 0.3) is 11.0 Å². The fourth-order valence-corrected chi connectivity index (χ4v) is 3.59. The van der Waals surface area contributed by atoms with E-state index >= 15 is 0 Å². The van der Waals surface area contributed by atoms with Gasteiger partial charge in [0.2, 0.25) is 5.43 Å². The Balaban J connectivity index is 1.40. The van der Waals surface area contributed by atoms with Crippen LogP contribution in [0.1, 0.15) is 33.6 Å². The number of piperidine rings is 1. The second-order valence-electron chi connectivity index (χ2n) is 7.08. The van der Waals surface area contributed by atoms with Crippen LogP contribution < -0.4 is 10.7 Å². The Morgan fingerprint density at radius 3 is 2.66 bits per heavy atom.